The Morgan fingerprint density at radius 3 is 2.60 bits per heavy atom. The monoisotopic (exact) mass is 420 g/mol. The highest BCUT2D eigenvalue weighted by atomic mass is 32.1. The Morgan fingerprint density at radius 1 is 1.20 bits per heavy atom. The maximum absolute atomic E-state index is 13.0. The highest BCUT2D eigenvalue weighted by Crippen LogP contribution is 2.42. The van der Waals surface area contributed by atoms with Gasteiger partial charge in [0.2, 0.25) is 0 Å². The summed E-state index contributed by atoms with van der Waals surface area (Å²) in [7, 11) is 1.57. The third-order valence-corrected chi connectivity index (χ3v) is 6.07. The van der Waals surface area contributed by atoms with Gasteiger partial charge in [-0.25, -0.2) is 0 Å². The molecule has 1 amide bonds. The van der Waals surface area contributed by atoms with Gasteiger partial charge in [-0.15, -0.1) is 11.3 Å². The van der Waals surface area contributed by atoms with Gasteiger partial charge >= 0.3 is 0 Å². The van der Waals surface area contributed by atoms with Gasteiger partial charge in [0, 0.05) is 29.4 Å². The van der Waals surface area contributed by atoms with Gasteiger partial charge in [0.15, 0.2) is 0 Å². The lowest BCUT2D eigenvalue weighted by atomic mass is 9.97. The largest absolute Gasteiger partial charge is 0.507 e. The number of hydrogen-bond acceptors (Lipinski definition) is 6. The number of aliphatic hydroxyl groups excluding tert-OH is 1. The summed E-state index contributed by atoms with van der Waals surface area (Å²) in [6.45, 7) is 2.07. The van der Waals surface area contributed by atoms with Crippen LogP contribution in [0.15, 0.2) is 65.8 Å². The molecule has 7 heteroatoms. The molecule has 2 aromatic heterocycles. The van der Waals surface area contributed by atoms with Gasteiger partial charge in [0.1, 0.15) is 11.5 Å². The molecule has 0 aliphatic carbocycles. The molecule has 1 aliphatic heterocycles. The third kappa shape index (κ3) is 3.48. The molecule has 3 aromatic rings. The first kappa shape index (κ1) is 19.8. The number of thiophene rings is 1. The van der Waals surface area contributed by atoms with E-state index in [4.69, 9.17) is 4.74 Å². The number of benzene rings is 1. The highest BCUT2D eigenvalue weighted by molar-refractivity contribution is 7.10. The number of methoxy groups -OCH3 is 1. The van der Waals surface area contributed by atoms with Gasteiger partial charge < -0.3 is 14.7 Å². The molecule has 1 unspecified atom stereocenters. The first-order valence-corrected chi connectivity index (χ1v) is 10.2. The first-order chi connectivity index (χ1) is 14.5. The molecule has 1 N–H and O–H groups in total. The zero-order valence-corrected chi connectivity index (χ0v) is 17.3. The Kier molecular flexibility index (Phi) is 5.37. The van der Waals surface area contributed by atoms with Crippen LogP contribution in [0.2, 0.25) is 0 Å². The van der Waals surface area contributed by atoms with E-state index < -0.39 is 17.7 Å². The number of amides is 1. The van der Waals surface area contributed by atoms with Crippen molar-refractivity contribution in [3.05, 3.63) is 87.4 Å². The van der Waals surface area contributed by atoms with Crippen LogP contribution >= 0.6 is 11.3 Å². The van der Waals surface area contributed by atoms with E-state index in [-0.39, 0.29) is 17.9 Å². The number of Topliss-reactive ketones (excluding diaryl/α,β-unsaturated/α-hetero) is 1. The number of aromatic nitrogens is 1. The number of nitrogens with zero attached hydrogens (tertiary/aromatic N) is 2. The molecule has 3 heterocycles. The average molecular weight is 420 g/mol. The van der Waals surface area contributed by atoms with Crippen molar-refractivity contribution in [3.8, 4) is 5.75 Å². The Morgan fingerprint density at radius 2 is 1.97 bits per heavy atom. The molecule has 6 nitrogen and oxygen atoms in total. The molecule has 1 aromatic carbocycles. The van der Waals surface area contributed by atoms with E-state index in [0.717, 1.165) is 16.0 Å². The molecule has 4 rings (SSSR count). The van der Waals surface area contributed by atoms with Crippen molar-refractivity contribution < 1.29 is 19.4 Å². The maximum Gasteiger partial charge on any atom is 0.295 e. The topological polar surface area (TPSA) is 79.7 Å². The molecular formula is C23H20N2O4S. The second-order valence-electron chi connectivity index (χ2n) is 6.98. The number of carbonyl (C=O) groups excluding carboxylic acids is 2. The summed E-state index contributed by atoms with van der Waals surface area (Å²) in [5.41, 5.74) is 2.20. The van der Waals surface area contributed by atoms with Crippen LogP contribution in [0.3, 0.4) is 0 Å². The van der Waals surface area contributed by atoms with Crippen molar-refractivity contribution in [2.45, 2.75) is 19.5 Å². The van der Waals surface area contributed by atoms with Gasteiger partial charge in [-0.05, 0) is 59.8 Å². The molecule has 1 atom stereocenters. The fourth-order valence-electron chi connectivity index (χ4n) is 3.64. The molecule has 0 saturated carbocycles. The molecule has 30 heavy (non-hydrogen) atoms. The maximum atomic E-state index is 13.0. The smallest absolute Gasteiger partial charge is 0.295 e. The van der Waals surface area contributed by atoms with Crippen LogP contribution < -0.4 is 4.74 Å². The van der Waals surface area contributed by atoms with Gasteiger partial charge in [0.05, 0.1) is 18.7 Å². The van der Waals surface area contributed by atoms with E-state index in [1.54, 1.807) is 49.8 Å². The summed E-state index contributed by atoms with van der Waals surface area (Å²) >= 11 is 1.44. The number of rotatable bonds is 5. The Labute approximate surface area is 178 Å². The minimum atomic E-state index is -0.685. The van der Waals surface area contributed by atoms with Crippen molar-refractivity contribution in [1.29, 1.82) is 0 Å². The standard InChI is InChI=1S/C23H20N2O4S/c1-14-12-16(29-2)5-6-17(14)21(26)19-20(18-4-3-11-30-18)25(23(28)22(19)27)13-15-7-9-24-10-8-15/h3-12,20,26H,13H2,1-2H3/b21-19-. The van der Waals surface area contributed by atoms with E-state index in [1.807, 2.05) is 24.4 Å². The summed E-state index contributed by atoms with van der Waals surface area (Å²) in [4.78, 5) is 32.3. The summed E-state index contributed by atoms with van der Waals surface area (Å²) in [6, 6.07) is 11.9. The van der Waals surface area contributed by atoms with E-state index >= 15 is 0 Å². The van der Waals surface area contributed by atoms with Crippen LogP contribution in [0.5, 0.6) is 5.75 Å². The molecule has 0 radical (unpaired) electrons. The molecule has 0 bridgehead atoms. The summed E-state index contributed by atoms with van der Waals surface area (Å²) in [5.74, 6) is -0.839. The van der Waals surface area contributed by atoms with E-state index in [9.17, 15) is 14.7 Å². The van der Waals surface area contributed by atoms with Crippen LogP contribution in [0.1, 0.15) is 27.6 Å². The predicted octanol–water partition coefficient (Wildman–Crippen LogP) is 4.08. The minimum absolute atomic E-state index is 0.102. The van der Waals surface area contributed by atoms with Crippen LogP contribution in [0.4, 0.5) is 0 Å². The zero-order chi connectivity index (χ0) is 21.3. The number of hydrogen-bond donors (Lipinski definition) is 1. The van der Waals surface area contributed by atoms with Crippen LogP contribution in [-0.2, 0) is 16.1 Å². The predicted molar refractivity (Wildman–Crippen MR) is 114 cm³/mol. The molecule has 1 aliphatic rings. The molecular weight excluding hydrogens is 400 g/mol. The lowest BCUT2D eigenvalue weighted by molar-refractivity contribution is -0.140. The van der Waals surface area contributed by atoms with Gasteiger partial charge in [0.25, 0.3) is 11.7 Å². The number of ketones is 1. The van der Waals surface area contributed by atoms with Gasteiger partial charge in [-0.1, -0.05) is 6.07 Å². The molecule has 1 fully saturated rings. The van der Waals surface area contributed by atoms with Gasteiger partial charge in [-0.3, -0.25) is 14.6 Å². The number of carbonyl (C=O) groups is 2. The van der Waals surface area contributed by atoms with E-state index in [1.165, 1.54) is 16.2 Å². The lowest BCUT2D eigenvalue weighted by Gasteiger charge is -2.24. The number of likely N-dealkylation sites (tertiary alicyclic amines) is 1. The summed E-state index contributed by atoms with van der Waals surface area (Å²) < 4.78 is 5.23. The summed E-state index contributed by atoms with van der Waals surface area (Å²) in [6.07, 6.45) is 3.29. The third-order valence-electron chi connectivity index (χ3n) is 5.14. The van der Waals surface area contributed by atoms with Crippen LogP contribution in [0.25, 0.3) is 5.76 Å². The first-order valence-electron chi connectivity index (χ1n) is 9.37. The highest BCUT2D eigenvalue weighted by Gasteiger charge is 2.46. The second kappa shape index (κ2) is 8.12. The average Bonchev–Trinajstić information content (AvgIpc) is 3.37. The van der Waals surface area contributed by atoms with Crippen LogP contribution in [-0.4, -0.2) is 33.8 Å². The zero-order valence-electron chi connectivity index (χ0n) is 16.5. The quantitative estimate of drug-likeness (QED) is 0.382. The molecule has 0 spiro atoms. The van der Waals surface area contributed by atoms with E-state index in [2.05, 4.69) is 4.98 Å². The summed E-state index contributed by atoms with van der Waals surface area (Å²) in [5, 5.41) is 13.0. The fourth-order valence-corrected chi connectivity index (χ4v) is 4.49. The number of aliphatic hydroxyl groups is 1. The number of aryl methyl sites for hydroxylation is 1. The SMILES string of the molecule is COc1ccc(/C(O)=C2/C(=O)C(=O)N(Cc3ccncc3)C2c2cccs2)c(C)c1. The molecule has 1 saturated heterocycles. The van der Waals surface area contributed by atoms with Crippen molar-refractivity contribution in [3.63, 3.8) is 0 Å². The van der Waals surface area contributed by atoms with Crippen molar-refractivity contribution in [2.24, 2.45) is 0 Å². The Balaban J connectivity index is 1.84. The molecule has 152 valence electrons. The minimum Gasteiger partial charge on any atom is -0.507 e. The van der Waals surface area contributed by atoms with Crippen molar-refractivity contribution in [1.82, 2.24) is 9.88 Å². The normalized spacial score (nSPS) is 18.1. The number of pyridine rings is 1. The van der Waals surface area contributed by atoms with Gasteiger partial charge in [-0.2, -0.15) is 0 Å². The number of ether oxygens (including phenoxy) is 1. The Hall–Kier alpha value is -3.45. The second-order valence-corrected chi connectivity index (χ2v) is 7.96. The van der Waals surface area contributed by atoms with Crippen molar-refractivity contribution >= 4 is 28.8 Å². The van der Waals surface area contributed by atoms with Crippen LogP contribution in [0, 0.1) is 6.92 Å². The Bertz CT molecular complexity index is 1120. The lowest BCUT2D eigenvalue weighted by Crippen LogP contribution is -2.28. The van der Waals surface area contributed by atoms with Crippen molar-refractivity contribution in [2.75, 3.05) is 7.11 Å². The fraction of sp³-hybridized carbons (Fsp3) is 0.174. The van der Waals surface area contributed by atoms with E-state index in [0.29, 0.717) is 11.3 Å².